The average molecular weight is 376 g/mol. The van der Waals surface area contributed by atoms with E-state index in [0.717, 1.165) is 30.9 Å². The van der Waals surface area contributed by atoms with Crippen LogP contribution in [0.5, 0.6) is 0 Å². The Morgan fingerprint density at radius 1 is 1.17 bits per heavy atom. The van der Waals surface area contributed by atoms with Crippen LogP contribution in [0, 0.1) is 0 Å². The Kier molecular flexibility index (Phi) is 5.76. The van der Waals surface area contributed by atoms with Gasteiger partial charge in [-0.25, -0.2) is 0 Å². The first-order valence-electron chi connectivity index (χ1n) is 7.59. The summed E-state index contributed by atoms with van der Waals surface area (Å²) in [4.78, 5) is 12.5. The summed E-state index contributed by atoms with van der Waals surface area (Å²) in [6.45, 7) is 3.97. The molecule has 124 valence electrons. The molecule has 0 fully saturated rings. The second-order valence-electron chi connectivity index (χ2n) is 5.04. The minimum absolute atomic E-state index is 0.0313. The maximum absolute atomic E-state index is 12.5. The molecule has 0 radical (unpaired) electrons. The highest BCUT2D eigenvalue weighted by Crippen LogP contribution is 2.32. The number of anilines is 1. The number of nitrogens with one attached hydrogen (secondary N) is 1. The number of amides is 1. The monoisotopic (exact) mass is 375 g/mol. The van der Waals surface area contributed by atoms with Crippen LogP contribution in [0.2, 0.25) is 0 Å². The number of hydrogen-bond donors (Lipinski definition) is 1. The Balaban J connectivity index is 1.69. The maximum atomic E-state index is 12.5. The van der Waals surface area contributed by atoms with Crippen molar-refractivity contribution in [3.8, 4) is 0 Å². The zero-order chi connectivity index (χ0) is 16.9. The molecule has 0 aliphatic heterocycles. The van der Waals surface area contributed by atoms with Crippen molar-refractivity contribution < 1.29 is 4.79 Å². The third kappa shape index (κ3) is 4.09. The molecular weight excluding hydrogens is 358 g/mol. The number of aromatic nitrogens is 2. The van der Waals surface area contributed by atoms with Gasteiger partial charge in [-0.2, -0.15) is 0 Å². The van der Waals surface area contributed by atoms with Crippen LogP contribution in [0.1, 0.15) is 13.8 Å². The molecule has 1 heterocycles. The molecule has 0 unspecified atom stereocenters. The summed E-state index contributed by atoms with van der Waals surface area (Å²) in [5.41, 5.74) is 0.838. The summed E-state index contributed by atoms with van der Waals surface area (Å²) in [7, 11) is 0. The van der Waals surface area contributed by atoms with Crippen molar-refractivity contribution in [3.63, 3.8) is 0 Å². The third-order valence-corrected chi connectivity index (χ3v) is 6.47. The first-order valence-corrected chi connectivity index (χ1v) is 10.3. The first kappa shape index (κ1) is 17.3. The summed E-state index contributed by atoms with van der Waals surface area (Å²) in [6.07, 6.45) is 0. The van der Waals surface area contributed by atoms with E-state index in [4.69, 9.17) is 0 Å². The standard InChI is InChI=1S/C17H17N3OS3/c1-3-22-16-19-20-17(24-16)23-11(2)15(21)18-14-10-6-8-12-7-4-5-9-13(12)14/h4-11H,3H2,1-2H3,(H,18,21)/t11-/m0/s1. The predicted octanol–water partition coefficient (Wildman–Crippen LogP) is 4.92. The Morgan fingerprint density at radius 2 is 1.92 bits per heavy atom. The molecule has 1 amide bonds. The minimum atomic E-state index is -0.239. The number of thioether (sulfide) groups is 2. The lowest BCUT2D eigenvalue weighted by molar-refractivity contribution is -0.115. The number of carbonyl (C=O) groups is 1. The number of rotatable bonds is 6. The molecule has 0 bridgehead atoms. The summed E-state index contributed by atoms with van der Waals surface area (Å²) >= 11 is 4.64. The van der Waals surface area contributed by atoms with Crippen LogP contribution in [-0.4, -0.2) is 27.1 Å². The number of benzene rings is 2. The Hall–Kier alpha value is -1.57. The number of carbonyl (C=O) groups excluding carboxylic acids is 1. The van der Waals surface area contributed by atoms with E-state index in [2.05, 4.69) is 22.4 Å². The highest BCUT2D eigenvalue weighted by molar-refractivity contribution is 8.03. The van der Waals surface area contributed by atoms with Gasteiger partial charge in [-0.1, -0.05) is 78.2 Å². The first-order chi connectivity index (χ1) is 11.7. The van der Waals surface area contributed by atoms with E-state index in [1.54, 1.807) is 11.8 Å². The van der Waals surface area contributed by atoms with E-state index in [9.17, 15) is 4.79 Å². The molecule has 4 nitrogen and oxygen atoms in total. The van der Waals surface area contributed by atoms with Crippen molar-refractivity contribution in [2.24, 2.45) is 0 Å². The van der Waals surface area contributed by atoms with Crippen molar-refractivity contribution >= 4 is 57.2 Å². The van der Waals surface area contributed by atoms with E-state index in [0.29, 0.717) is 0 Å². The van der Waals surface area contributed by atoms with Crippen LogP contribution in [0.3, 0.4) is 0 Å². The highest BCUT2D eigenvalue weighted by Gasteiger charge is 2.18. The van der Waals surface area contributed by atoms with E-state index in [1.165, 1.54) is 23.1 Å². The fraction of sp³-hybridized carbons (Fsp3) is 0.235. The normalized spacial score (nSPS) is 12.2. The lowest BCUT2D eigenvalue weighted by Gasteiger charge is -2.12. The van der Waals surface area contributed by atoms with E-state index < -0.39 is 0 Å². The van der Waals surface area contributed by atoms with Crippen LogP contribution in [-0.2, 0) is 4.79 Å². The molecule has 3 aromatic rings. The van der Waals surface area contributed by atoms with Gasteiger partial charge < -0.3 is 5.32 Å². The van der Waals surface area contributed by atoms with Crippen molar-refractivity contribution in [3.05, 3.63) is 42.5 Å². The van der Waals surface area contributed by atoms with Crippen molar-refractivity contribution in [2.45, 2.75) is 27.8 Å². The molecule has 0 aliphatic carbocycles. The Morgan fingerprint density at radius 3 is 2.75 bits per heavy atom. The molecule has 1 aromatic heterocycles. The fourth-order valence-corrected chi connectivity index (χ4v) is 5.26. The lowest BCUT2D eigenvalue weighted by Crippen LogP contribution is -2.22. The van der Waals surface area contributed by atoms with Gasteiger partial charge in [-0.05, 0) is 24.1 Å². The van der Waals surface area contributed by atoms with Crippen molar-refractivity contribution in [1.82, 2.24) is 10.2 Å². The van der Waals surface area contributed by atoms with Crippen LogP contribution in [0.25, 0.3) is 10.8 Å². The summed E-state index contributed by atoms with van der Waals surface area (Å²) in [5, 5.41) is 13.2. The topological polar surface area (TPSA) is 54.9 Å². The van der Waals surface area contributed by atoms with E-state index in [1.807, 2.05) is 49.4 Å². The molecule has 2 aromatic carbocycles. The molecule has 3 rings (SSSR count). The molecule has 0 spiro atoms. The smallest absolute Gasteiger partial charge is 0.237 e. The molecule has 0 saturated carbocycles. The summed E-state index contributed by atoms with van der Waals surface area (Å²) < 4.78 is 1.77. The van der Waals surface area contributed by atoms with Gasteiger partial charge in [0.1, 0.15) is 0 Å². The van der Waals surface area contributed by atoms with Crippen LogP contribution in [0.4, 0.5) is 5.69 Å². The second kappa shape index (κ2) is 8.00. The Bertz CT molecular complexity index is 844. The minimum Gasteiger partial charge on any atom is -0.325 e. The van der Waals surface area contributed by atoms with E-state index in [-0.39, 0.29) is 11.2 Å². The third-order valence-electron chi connectivity index (χ3n) is 3.35. The maximum Gasteiger partial charge on any atom is 0.237 e. The zero-order valence-electron chi connectivity index (χ0n) is 13.4. The molecule has 7 heteroatoms. The molecule has 24 heavy (non-hydrogen) atoms. The molecule has 1 N–H and O–H groups in total. The van der Waals surface area contributed by atoms with Crippen LogP contribution < -0.4 is 5.32 Å². The van der Waals surface area contributed by atoms with Gasteiger partial charge >= 0.3 is 0 Å². The van der Waals surface area contributed by atoms with Gasteiger partial charge in [0.15, 0.2) is 8.68 Å². The van der Waals surface area contributed by atoms with Crippen molar-refractivity contribution in [1.29, 1.82) is 0 Å². The van der Waals surface area contributed by atoms with Gasteiger partial charge in [0.25, 0.3) is 0 Å². The zero-order valence-corrected chi connectivity index (χ0v) is 15.8. The van der Waals surface area contributed by atoms with Crippen LogP contribution in [0.15, 0.2) is 51.1 Å². The Labute approximate surface area is 153 Å². The van der Waals surface area contributed by atoms with Gasteiger partial charge in [-0.15, -0.1) is 10.2 Å². The largest absolute Gasteiger partial charge is 0.325 e. The van der Waals surface area contributed by atoms with E-state index >= 15 is 0 Å². The summed E-state index contributed by atoms with van der Waals surface area (Å²) in [5.74, 6) is 0.937. The average Bonchev–Trinajstić information content (AvgIpc) is 3.02. The highest BCUT2D eigenvalue weighted by atomic mass is 32.2. The van der Waals surface area contributed by atoms with Gasteiger partial charge in [-0.3, -0.25) is 4.79 Å². The van der Waals surface area contributed by atoms with Gasteiger partial charge in [0.05, 0.1) is 5.25 Å². The van der Waals surface area contributed by atoms with Crippen molar-refractivity contribution in [2.75, 3.05) is 11.1 Å². The number of hydrogen-bond acceptors (Lipinski definition) is 6. The quantitative estimate of drug-likeness (QED) is 0.620. The van der Waals surface area contributed by atoms with Gasteiger partial charge in [0.2, 0.25) is 5.91 Å². The second-order valence-corrected chi connectivity index (χ2v) is 9.12. The predicted molar refractivity (Wildman–Crippen MR) is 104 cm³/mol. The number of nitrogens with zero attached hydrogens (tertiary/aromatic N) is 2. The molecule has 0 saturated heterocycles. The fourth-order valence-electron chi connectivity index (χ4n) is 2.20. The molecular formula is C17H17N3OS3. The lowest BCUT2D eigenvalue weighted by atomic mass is 10.1. The molecule has 0 aliphatic rings. The molecule has 1 atom stereocenters. The number of fused-ring (bicyclic) bond motifs is 1. The summed E-state index contributed by atoms with van der Waals surface area (Å²) in [6, 6.07) is 13.9. The van der Waals surface area contributed by atoms with Crippen LogP contribution >= 0.6 is 34.9 Å². The SMILES string of the molecule is CCSc1nnc(S[C@@H](C)C(=O)Nc2cccc3ccccc23)s1. The van der Waals surface area contributed by atoms with Gasteiger partial charge in [0, 0.05) is 11.1 Å².